The average Bonchev–Trinajstić information content (AvgIpc) is 2.29. The highest BCUT2D eigenvalue weighted by atomic mass is 15.1. The predicted octanol–water partition coefficient (Wildman–Crippen LogP) is 2.19. The molecule has 2 N–H and O–H groups in total. The van der Waals surface area contributed by atoms with Crippen LogP contribution >= 0.6 is 0 Å². The van der Waals surface area contributed by atoms with Gasteiger partial charge in [-0.05, 0) is 38.7 Å². The van der Waals surface area contributed by atoms with Crippen LogP contribution in [0.2, 0.25) is 0 Å². The van der Waals surface area contributed by atoms with E-state index in [1.165, 1.54) is 0 Å². The molecule has 0 aromatic carbocycles. The smallest absolute Gasteiger partial charge is 0.0536 e. The first-order valence-electron chi connectivity index (χ1n) is 5.62. The molecule has 90 valence electrons. The van der Waals surface area contributed by atoms with Crippen molar-refractivity contribution in [3.63, 3.8) is 0 Å². The minimum atomic E-state index is 0. The molecule has 3 nitrogen and oxygen atoms in total. The van der Waals surface area contributed by atoms with Gasteiger partial charge in [-0.25, -0.2) is 0 Å². The first-order valence-corrected chi connectivity index (χ1v) is 5.62. The zero-order valence-electron chi connectivity index (χ0n) is 9.86. The molecular formula is C13H23N3. The van der Waals surface area contributed by atoms with Crippen molar-refractivity contribution in [2.24, 2.45) is 16.6 Å². The Labute approximate surface area is 99.5 Å². The molecule has 1 saturated heterocycles. The molecule has 0 aromatic heterocycles. The second kappa shape index (κ2) is 6.28. The lowest BCUT2D eigenvalue weighted by molar-refractivity contribution is 0.212. The van der Waals surface area contributed by atoms with E-state index in [0.29, 0.717) is 5.92 Å². The molecule has 1 aliphatic heterocycles. The molecule has 0 amide bonds. The second-order valence-corrected chi connectivity index (χ2v) is 4.18. The summed E-state index contributed by atoms with van der Waals surface area (Å²) < 4.78 is 0. The Bertz CT molecular complexity index is 302. The Hall–Kier alpha value is -1.35. The van der Waals surface area contributed by atoms with Crippen molar-refractivity contribution in [1.29, 1.82) is 0 Å². The van der Waals surface area contributed by atoms with Gasteiger partial charge >= 0.3 is 0 Å². The second-order valence-electron chi connectivity index (χ2n) is 4.18. The highest BCUT2D eigenvalue weighted by molar-refractivity contribution is 5.30. The normalized spacial score (nSPS) is 19.4. The van der Waals surface area contributed by atoms with Crippen molar-refractivity contribution < 1.29 is 1.43 Å². The molecule has 1 aliphatic rings. The van der Waals surface area contributed by atoms with Gasteiger partial charge in [-0.15, -0.1) is 0 Å². The number of nitrogens with zero attached hydrogens (tertiary/aromatic N) is 2. The highest BCUT2D eigenvalue weighted by Gasteiger charge is 2.20. The fourth-order valence-electron chi connectivity index (χ4n) is 1.98. The largest absolute Gasteiger partial charge is 0.402 e. The van der Waals surface area contributed by atoms with E-state index in [2.05, 4.69) is 29.8 Å². The van der Waals surface area contributed by atoms with Crippen LogP contribution in [0.15, 0.2) is 41.7 Å². The van der Waals surface area contributed by atoms with Crippen LogP contribution in [0, 0.1) is 5.92 Å². The Balaban J connectivity index is 0.00000256. The van der Waals surface area contributed by atoms with Crippen LogP contribution in [-0.4, -0.2) is 31.3 Å². The third-order valence-corrected chi connectivity index (χ3v) is 3.01. The Morgan fingerprint density at radius 2 is 2.12 bits per heavy atom. The van der Waals surface area contributed by atoms with Crippen LogP contribution in [0.3, 0.4) is 0 Å². The summed E-state index contributed by atoms with van der Waals surface area (Å²) in [7, 11) is 0. The Kier molecular flexibility index (Phi) is 4.99. The van der Waals surface area contributed by atoms with Crippen molar-refractivity contribution in [3.05, 3.63) is 36.7 Å². The molecule has 0 aliphatic carbocycles. The van der Waals surface area contributed by atoms with E-state index in [1.807, 2.05) is 6.08 Å². The molecule has 3 heteroatoms. The number of likely N-dealkylation sites (tertiary alicyclic amines) is 1. The molecule has 0 bridgehead atoms. The summed E-state index contributed by atoms with van der Waals surface area (Å²) in [4.78, 5) is 6.35. The molecule has 16 heavy (non-hydrogen) atoms. The van der Waals surface area contributed by atoms with Crippen molar-refractivity contribution in [2.45, 2.75) is 12.8 Å². The van der Waals surface area contributed by atoms with E-state index in [4.69, 9.17) is 5.73 Å². The number of nitrogens with two attached hydrogens (primary N) is 1. The van der Waals surface area contributed by atoms with E-state index >= 15 is 0 Å². The molecule has 0 unspecified atom stereocenters. The van der Waals surface area contributed by atoms with Gasteiger partial charge in [-0.2, -0.15) is 0 Å². The van der Waals surface area contributed by atoms with Crippen LogP contribution in [0.25, 0.3) is 0 Å². The summed E-state index contributed by atoms with van der Waals surface area (Å²) in [6, 6.07) is 0. The summed E-state index contributed by atoms with van der Waals surface area (Å²) in [5, 5.41) is 0. The minimum Gasteiger partial charge on any atom is -0.402 e. The van der Waals surface area contributed by atoms with Crippen molar-refractivity contribution >= 4 is 6.72 Å². The van der Waals surface area contributed by atoms with Crippen molar-refractivity contribution in [2.75, 3.05) is 19.6 Å². The van der Waals surface area contributed by atoms with Gasteiger partial charge in [0.2, 0.25) is 0 Å². The lowest BCUT2D eigenvalue weighted by Crippen LogP contribution is -2.36. The van der Waals surface area contributed by atoms with Gasteiger partial charge in [0, 0.05) is 19.6 Å². The lowest BCUT2D eigenvalue weighted by Gasteiger charge is -2.31. The summed E-state index contributed by atoms with van der Waals surface area (Å²) in [6.45, 7) is 14.0. The average molecular weight is 221 g/mol. The number of hydrogen-bond donors (Lipinski definition) is 1. The molecule has 0 atom stereocenters. The van der Waals surface area contributed by atoms with Crippen LogP contribution in [0.5, 0.6) is 0 Å². The maximum Gasteiger partial charge on any atom is 0.0536 e. The Morgan fingerprint density at radius 3 is 2.56 bits per heavy atom. The number of hydrogen-bond acceptors (Lipinski definition) is 3. The van der Waals surface area contributed by atoms with Gasteiger partial charge in [0.05, 0.1) is 5.70 Å². The first-order chi connectivity index (χ1) is 7.67. The molecule has 1 rings (SSSR count). The highest BCUT2D eigenvalue weighted by Crippen LogP contribution is 2.21. The maximum absolute atomic E-state index is 5.72. The first kappa shape index (κ1) is 12.7. The fraction of sp³-hybridized carbons (Fsp3) is 0.462. The third kappa shape index (κ3) is 3.66. The van der Waals surface area contributed by atoms with Gasteiger partial charge in [0.25, 0.3) is 0 Å². The summed E-state index contributed by atoms with van der Waals surface area (Å²) in [5.41, 5.74) is 7.52. The molecular weight excluding hydrogens is 198 g/mol. The minimum absolute atomic E-state index is 0. The van der Waals surface area contributed by atoms with Gasteiger partial charge in [-0.1, -0.05) is 19.2 Å². The van der Waals surface area contributed by atoms with Crippen LogP contribution in [0.4, 0.5) is 0 Å². The molecule has 0 saturated carbocycles. The van der Waals surface area contributed by atoms with Gasteiger partial charge in [-0.3, -0.25) is 9.89 Å². The van der Waals surface area contributed by atoms with Crippen LogP contribution < -0.4 is 5.73 Å². The molecule has 0 radical (unpaired) electrons. The lowest BCUT2D eigenvalue weighted by atomic mass is 9.94. The van der Waals surface area contributed by atoms with Gasteiger partial charge in [0.15, 0.2) is 0 Å². The van der Waals surface area contributed by atoms with E-state index in [0.717, 1.165) is 43.9 Å². The summed E-state index contributed by atoms with van der Waals surface area (Å²) in [5.74, 6) is 0.486. The number of piperidine rings is 1. The van der Waals surface area contributed by atoms with Crippen molar-refractivity contribution in [3.8, 4) is 0 Å². The quantitative estimate of drug-likeness (QED) is 0.571. The molecule has 1 heterocycles. The molecule has 0 aromatic rings. The van der Waals surface area contributed by atoms with Gasteiger partial charge in [0.1, 0.15) is 0 Å². The number of allylic oxidation sites excluding steroid dienone is 3. The summed E-state index contributed by atoms with van der Waals surface area (Å²) in [6.07, 6.45) is 5.83. The maximum atomic E-state index is 5.72. The van der Waals surface area contributed by atoms with E-state index in [1.54, 1.807) is 6.08 Å². The van der Waals surface area contributed by atoms with Gasteiger partial charge < -0.3 is 5.73 Å². The molecule has 0 spiro atoms. The van der Waals surface area contributed by atoms with E-state index in [9.17, 15) is 0 Å². The number of aliphatic imine (C=N–C) groups is 1. The van der Waals surface area contributed by atoms with Crippen LogP contribution in [0.1, 0.15) is 14.3 Å². The SMILES string of the molecule is C=C/C=C(/CN1CCC(C(=C)N)CC1)N=C.[HH]. The number of rotatable bonds is 5. The standard InChI is InChI=1S/C13H21N3.H2/c1-4-5-13(15-3)10-16-8-6-12(7-9-16)11(2)14;/h4-5,12H,1-3,6-10,14H2;1H/b13-5-;. The van der Waals surface area contributed by atoms with Crippen LogP contribution in [-0.2, 0) is 0 Å². The van der Waals surface area contributed by atoms with E-state index in [-0.39, 0.29) is 1.43 Å². The zero-order valence-corrected chi connectivity index (χ0v) is 9.86. The monoisotopic (exact) mass is 221 g/mol. The Morgan fingerprint density at radius 1 is 1.50 bits per heavy atom. The van der Waals surface area contributed by atoms with Crippen molar-refractivity contribution in [1.82, 2.24) is 4.90 Å². The molecule has 1 fully saturated rings. The predicted molar refractivity (Wildman–Crippen MR) is 72.4 cm³/mol. The van der Waals surface area contributed by atoms with E-state index < -0.39 is 0 Å². The zero-order chi connectivity index (χ0) is 12.0. The summed E-state index contributed by atoms with van der Waals surface area (Å²) >= 11 is 0. The fourth-order valence-corrected chi connectivity index (χ4v) is 1.98. The topological polar surface area (TPSA) is 41.6 Å². The third-order valence-electron chi connectivity index (χ3n) is 3.01.